The predicted molar refractivity (Wildman–Crippen MR) is 89.5 cm³/mol. The third-order valence-corrected chi connectivity index (χ3v) is 4.26. The van der Waals surface area contributed by atoms with Gasteiger partial charge < -0.3 is 15.2 Å². The summed E-state index contributed by atoms with van der Waals surface area (Å²) in [5, 5.41) is 6.29. The molecule has 2 aromatic rings. The zero-order chi connectivity index (χ0) is 15.7. The number of aryl methyl sites for hydroxylation is 1. The lowest BCUT2D eigenvalue weighted by molar-refractivity contribution is 0.251. The summed E-state index contributed by atoms with van der Waals surface area (Å²) in [5.41, 5.74) is 4.38. The van der Waals surface area contributed by atoms with E-state index < -0.39 is 0 Å². The Labute approximate surface area is 135 Å². The average molecular weight is 318 g/mol. The van der Waals surface area contributed by atoms with Gasteiger partial charge in [0, 0.05) is 34.7 Å². The lowest BCUT2D eigenvalue weighted by atomic mass is 10.2. The zero-order valence-electron chi connectivity index (χ0n) is 12.8. The largest absolute Gasteiger partial charge is 0.346 e. The molecule has 1 aliphatic rings. The van der Waals surface area contributed by atoms with Crippen molar-refractivity contribution in [2.24, 2.45) is 0 Å². The molecule has 0 atom stereocenters. The van der Waals surface area contributed by atoms with Crippen molar-refractivity contribution in [1.82, 2.24) is 9.88 Å². The normalized spacial score (nSPS) is 14.0. The Hall–Kier alpha value is -1.94. The minimum absolute atomic E-state index is 0.224. The minimum atomic E-state index is -0.224. The van der Waals surface area contributed by atoms with Crippen LogP contribution in [0.2, 0.25) is 5.02 Å². The predicted octanol–water partition coefficient (Wildman–Crippen LogP) is 4.41. The van der Waals surface area contributed by atoms with E-state index in [2.05, 4.69) is 35.1 Å². The fourth-order valence-electron chi connectivity index (χ4n) is 2.84. The van der Waals surface area contributed by atoms with Gasteiger partial charge >= 0.3 is 6.03 Å². The van der Waals surface area contributed by atoms with Crippen molar-refractivity contribution in [3.63, 3.8) is 0 Å². The van der Waals surface area contributed by atoms with Crippen molar-refractivity contribution in [1.29, 1.82) is 0 Å². The van der Waals surface area contributed by atoms with Crippen LogP contribution in [0.1, 0.15) is 35.8 Å². The number of hydrogen-bond donors (Lipinski definition) is 2. The van der Waals surface area contributed by atoms with Crippen LogP contribution in [0.4, 0.5) is 10.5 Å². The number of aromatic nitrogens is 1. The van der Waals surface area contributed by atoms with E-state index in [1.807, 2.05) is 6.07 Å². The second kappa shape index (κ2) is 6.05. The van der Waals surface area contributed by atoms with Crippen LogP contribution in [0.25, 0.3) is 0 Å². The number of nitrogens with zero attached hydrogens (tertiary/aromatic N) is 1. The maximum atomic E-state index is 12.0. The number of amides is 2. The molecule has 0 saturated heterocycles. The number of benzene rings is 1. The quantitative estimate of drug-likeness (QED) is 0.861. The topological polar surface area (TPSA) is 46.1 Å². The van der Waals surface area contributed by atoms with Crippen molar-refractivity contribution in [2.45, 2.75) is 39.3 Å². The molecule has 1 aromatic heterocycles. The summed E-state index contributed by atoms with van der Waals surface area (Å²) in [4.78, 5) is 12.0. The summed E-state index contributed by atoms with van der Waals surface area (Å²) in [6, 6.07) is 9.71. The number of carbonyl (C=O) groups is 1. The van der Waals surface area contributed by atoms with Crippen molar-refractivity contribution < 1.29 is 4.79 Å². The maximum absolute atomic E-state index is 12.0. The molecule has 22 heavy (non-hydrogen) atoms. The van der Waals surface area contributed by atoms with Crippen LogP contribution in [0.5, 0.6) is 0 Å². The summed E-state index contributed by atoms with van der Waals surface area (Å²) in [6.45, 7) is 4.77. The Bertz CT molecular complexity index is 704. The first-order chi connectivity index (χ1) is 10.5. The van der Waals surface area contributed by atoms with Gasteiger partial charge in [0.1, 0.15) is 0 Å². The molecule has 2 amide bonds. The molecule has 1 heterocycles. The molecule has 0 radical (unpaired) electrons. The van der Waals surface area contributed by atoms with Crippen LogP contribution in [0.3, 0.4) is 0 Å². The van der Waals surface area contributed by atoms with Gasteiger partial charge in [-0.05, 0) is 56.5 Å². The first-order valence-electron chi connectivity index (χ1n) is 7.52. The molecule has 0 spiro atoms. The molecule has 1 saturated carbocycles. The number of anilines is 1. The monoisotopic (exact) mass is 317 g/mol. The van der Waals surface area contributed by atoms with E-state index in [0.29, 0.717) is 23.3 Å². The van der Waals surface area contributed by atoms with Crippen LogP contribution in [0, 0.1) is 13.8 Å². The highest BCUT2D eigenvalue weighted by Crippen LogP contribution is 2.38. The molecule has 5 heteroatoms. The third-order valence-electron chi connectivity index (χ3n) is 4.02. The van der Waals surface area contributed by atoms with Crippen molar-refractivity contribution in [3.05, 3.63) is 52.3 Å². The first kappa shape index (κ1) is 15.0. The highest BCUT2D eigenvalue weighted by atomic mass is 35.5. The molecule has 3 rings (SSSR count). The third kappa shape index (κ3) is 3.28. The standard InChI is InChI=1S/C17H20ClN3O/c1-11-8-13(12(2)21(11)16-6-7-16)10-19-17(22)20-15-5-3-4-14(18)9-15/h3-5,8-9,16H,6-7,10H2,1-2H3,(H2,19,20,22). The van der Waals surface area contributed by atoms with Crippen molar-refractivity contribution in [3.8, 4) is 0 Å². The second-order valence-electron chi connectivity index (χ2n) is 5.82. The van der Waals surface area contributed by atoms with Gasteiger partial charge in [-0.15, -0.1) is 0 Å². The molecule has 0 aliphatic heterocycles. The fraction of sp³-hybridized carbons (Fsp3) is 0.353. The Balaban J connectivity index is 1.60. The Morgan fingerprint density at radius 3 is 2.77 bits per heavy atom. The number of urea groups is 1. The van der Waals surface area contributed by atoms with Crippen molar-refractivity contribution in [2.75, 3.05) is 5.32 Å². The van der Waals surface area contributed by atoms with E-state index in [1.54, 1.807) is 18.2 Å². The molecule has 0 bridgehead atoms. The Morgan fingerprint density at radius 2 is 2.09 bits per heavy atom. The molecular weight excluding hydrogens is 298 g/mol. The van der Waals surface area contributed by atoms with Gasteiger partial charge in [0.15, 0.2) is 0 Å². The Morgan fingerprint density at radius 1 is 1.32 bits per heavy atom. The fourth-order valence-corrected chi connectivity index (χ4v) is 3.03. The smallest absolute Gasteiger partial charge is 0.319 e. The number of halogens is 1. The lowest BCUT2D eigenvalue weighted by Gasteiger charge is -2.09. The van der Waals surface area contributed by atoms with Crippen LogP contribution < -0.4 is 10.6 Å². The maximum Gasteiger partial charge on any atom is 0.319 e. The SMILES string of the molecule is Cc1cc(CNC(=O)Nc2cccc(Cl)c2)c(C)n1C1CC1. The van der Waals surface area contributed by atoms with Crippen LogP contribution in [-0.2, 0) is 6.54 Å². The Kier molecular flexibility index (Phi) is 4.12. The van der Waals surface area contributed by atoms with E-state index in [9.17, 15) is 4.79 Å². The number of hydrogen-bond acceptors (Lipinski definition) is 1. The summed E-state index contributed by atoms with van der Waals surface area (Å²) in [5.74, 6) is 0. The van der Waals surface area contributed by atoms with Gasteiger partial charge in [-0.2, -0.15) is 0 Å². The molecule has 116 valence electrons. The zero-order valence-corrected chi connectivity index (χ0v) is 13.6. The minimum Gasteiger partial charge on any atom is -0.346 e. The first-order valence-corrected chi connectivity index (χ1v) is 7.90. The summed E-state index contributed by atoms with van der Waals surface area (Å²) in [6.07, 6.45) is 2.52. The second-order valence-corrected chi connectivity index (χ2v) is 6.25. The average Bonchev–Trinajstić information content (AvgIpc) is 3.24. The highest BCUT2D eigenvalue weighted by molar-refractivity contribution is 6.30. The van der Waals surface area contributed by atoms with Gasteiger partial charge in [0.2, 0.25) is 0 Å². The van der Waals surface area contributed by atoms with Gasteiger partial charge in [-0.25, -0.2) is 4.79 Å². The number of nitrogens with one attached hydrogen (secondary N) is 2. The molecule has 1 fully saturated rings. The van der Waals surface area contributed by atoms with E-state index >= 15 is 0 Å². The molecule has 1 aliphatic carbocycles. The van der Waals surface area contributed by atoms with Gasteiger partial charge in [-0.3, -0.25) is 0 Å². The van der Waals surface area contributed by atoms with E-state index in [4.69, 9.17) is 11.6 Å². The van der Waals surface area contributed by atoms with Crippen LogP contribution in [0.15, 0.2) is 30.3 Å². The summed E-state index contributed by atoms with van der Waals surface area (Å²) < 4.78 is 2.38. The summed E-state index contributed by atoms with van der Waals surface area (Å²) >= 11 is 5.90. The van der Waals surface area contributed by atoms with Crippen LogP contribution >= 0.6 is 11.6 Å². The summed E-state index contributed by atoms with van der Waals surface area (Å²) in [7, 11) is 0. The molecular formula is C17H20ClN3O. The van der Waals surface area contributed by atoms with Crippen LogP contribution in [-0.4, -0.2) is 10.6 Å². The number of rotatable bonds is 4. The van der Waals surface area contributed by atoms with Crippen molar-refractivity contribution >= 4 is 23.3 Å². The molecule has 0 unspecified atom stereocenters. The van der Waals surface area contributed by atoms with Gasteiger partial charge in [0.05, 0.1) is 0 Å². The van der Waals surface area contributed by atoms with Gasteiger partial charge in [0.25, 0.3) is 0 Å². The lowest BCUT2D eigenvalue weighted by Crippen LogP contribution is -2.28. The highest BCUT2D eigenvalue weighted by Gasteiger charge is 2.26. The molecule has 4 nitrogen and oxygen atoms in total. The molecule has 1 aromatic carbocycles. The van der Waals surface area contributed by atoms with E-state index in [0.717, 1.165) is 0 Å². The van der Waals surface area contributed by atoms with Gasteiger partial charge in [-0.1, -0.05) is 17.7 Å². The van der Waals surface area contributed by atoms with E-state index in [-0.39, 0.29) is 6.03 Å². The molecule has 2 N–H and O–H groups in total. The van der Waals surface area contributed by atoms with E-state index in [1.165, 1.54) is 29.8 Å². The number of carbonyl (C=O) groups excluding carboxylic acids is 1.